The topological polar surface area (TPSA) is 66.8 Å². The number of likely N-dealkylation sites (tertiary alicyclic amines) is 1. The number of ether oxygens (including phenoxy) is 1. The zero-order valence-electron chi connectivity index (χ0n) is 15.7. The predicted octanol–water partition coefficient (Wildman–Crippen LogP) is 2.91. The molecule has 1 saturated heterocycles. The third-order valence-electron chi connectivity index (χ3n) is 5.29. The number of methoxy groups -OCH3 is 1. The highest BCUT2D eigenvalue weighted by Gasteiger charge is 2.41. The first-order chi connectivity index (χ1) is 13.0. The number of aliphatic hydroxyl groups is 1. The van der Waals surface area contributed by atoms with E-state index in [1.807, 2.05) is 55.5 Å². The normalized spacial score (nSPS) is 18.0. The van der Waals surface area contributed by atoms with Crippen LogP contribution in [0.25, 0.3) is 0 Å². The fraction of sp³-hybridized carbons (Fsp3) is 0.364. The third kappa shape index (κ3) is 4.19. The van der Waals surface area contributed by atoms with E-state index in [1.54, 1.807) is 7.11 Å². The average molecular weight is 367 g/mol. The molecule has 5 nitrogen and oxygen atoms in total. The Kier molecular flexibility index (Phi) is 5.91. The van der Waals surface area contributed by atoms with Crippen LogP contribution in [0, 0.1) is 5.92 Å². The lowest BCUT2D eigenvalue weighted by Gasteiger charge is -2.19. The molecule has 2 atom stereocenters. The van der Waals surface area contributed by atoms with E-state index < -0.39 is 0 Å². The van der Waals surface area contributed by atoms with Gasteiger partial charge in [0.1, 0.15) is 5.75 Å². The lowest BCUT2D eigenvalue weighted by molar-refractivity contribution is -0.140. The molecule has 1 heterocycles. The monoisotopic (exact) mass is 367 g/mol. The third-order valence-corrected chi connectivity index (χ3v) is 5.29. The number of benzene rings is 2. The van der Waals surface area contributed by atoms with E-state index in [4.69, 9.17) is 9.84 Å². The summed E-state index contributed by atoms with van der Waals surface area (Å²) in [6.07, 6.45) is 0.861. The maximum absolute atomic E-state index is 12.9. The average Bonchev–Trinajstić information content (AvgIpc) is 2.97. The molecule has 2 amide bonds. The van der Waals surface area contributed by atoms with Gasteiger partial charge in [0.25, 0.3) is 0 Å². The van der Waals surface area contributed by atoms with Crippen LogP contribution in [0.3, 0.4) is 0 Å². The highest BCUT2D eigenvalue weighted by atomic mass is 16.5. The fourth-order valence-electron chi connectivity index (χ4n) is 3.53. The minimum Gasteiger partial charge on any atom is -0.497 e. The van der Waals surface area contributed by atoms with Gasteiger partial charge < -0.3 is 9.84 Å². The molecule has 0 saturated carbocycles. The molecule has 1 aliphatic rings. The summed E-state index contributed by atoms with van der Waals surface area (Å²) in [7, 11) is 1.60. The Morgan fingerprint density at radius 1 is 1.07 bits per heavy atom. The quantitative estimate of drug-likeness (QED) is 0.764. The summed E-state index contributed by atoms with van der Waals surface area (Å²) in [5.74, 6) is 0.145. The van der Waals surface area contributed by atoms with Gasteiger partial charge in [0.05, 0.1) is 19.6 Å². The number of carbonyl (C=O) groups is 2. The second kappa shape index (κ2) is 8.35. The summed E-state index contributed by atoms with van der Waals surface area (Å²) in [6.45, 7) is 2.40. The lowest BCUT2D eigenvalue weighted by atomic mass is 9.86. The van der Waals surface area contributed by atoms with Gasteiger partial charge in [-0.1, -0.05) is 43.3 Å². The number of aliphatic hydroxyl groups excluding tert-OH is 1. The first kappa shape index (κ1) is 19.1. The molecule has 27 heavy (non-hydrogen) atoms. The number of imide groups is 1. The van der Waals surface area contributed by atoms with Gasteiger partial charge in [-0.3, -0.25) is 14.5 Å². The molecule has 2 aromatic rings. The Morgan fingerprint density at radius 3 is 2.30 bits per heavy atom. The van der Waals surface area contributed by atoms with Crippen molar-refractivity contribution in [3.05, 3.63) is 65.2 Å². The summed E-state index contributed by atoms with van der Waals surface area (Å²) in [5.41, 5.74) is 3.00. The Labute approximate surface area is 159 Å². The van der Waals surface area contributed by atoms with Crippen LogP contribution in [0.1, 0.15) is 36.0 Å². The maximum atomic E-state index is 12.9. The zero-order chi connectivity index (χ0) is 19.4. The molecule has 2 unspecified atom stereocenters. The van der Waals surface area contributed by atoms with Crippen molar-refractivity contribution < 1.29 is 19.4 Å². The number of rotatable bonds is 7. The van der Waals surface area contributed by atoms with Gasteiger partial charge in [-0.05, 0) is 41.2 Å². The summed E-state index contributed by atoms with van der Waals surface area (Å²) in [5, 5.41) is 9.02. The molecular formula is C22H25NO4. The molecule has 5 heteroatoms. The van der Waals surface area contributed by atoms with E-state index in [-0.39, 0.29) is 36.7 Å². The van der Waals surface area contributed by atoms with Crippen LogP contribution in [-0.4, -0.2) is 35.5 Å². The van der Waals surface area contributed by atoms with Gasteiger partial charge in [0, 0.05) is 13.0 Å². The van der Waals surface area contributed by atoms with Gasteiger partial charge in [0.15, 0.2) is 0 Å². The number of carbonyl (C=O) groups excluding carboxylic acids is 2. The minimum absolute atomic E-state index is 0.0366. The molecule has 0 radical (unpaired) electrons. The zero-order valence-corrected chi connectivity index (χ0v) is 15.7. The Bertz CT molecular complexity index is 798. The number of hydrogen-bond acceptors (Lipinski definition) is 4. The highest BCUT2D eigenvalue weighted by molar-refractivity contribution is 6.03. The Balaban J connectivity index is 1.70. The highest BCUT2D eigenvalue weighted by Crippen LogP contribution is 2.34. The molecule has 0 bridgehead atoms. The molecule has 0 spiro atoms. The number of amides is 2. The van der Waals surface area contributed by atoms with Crippen molar-refractivity contribution in [2.45, 2.75) is 32.2 Å². The van der Waals surface area contributed by atoms with E-state index in [0.717, 1.165) is 22.4 Å². The van der Waals surface area contributed by atoms with Crippen LogP contribution in [0.4, 0.5) is 0 Å². The van der Waals surface area contributed by atoms with Crippen molar-refractivity contribution in [2.75, 3.05) is 13.7 Å². The fourth-order valence-corrected chi connectivity index (χ4v) is 3.53. The van der Waals surface area contributed by atoms with E-state index in [0.29, 0.717) is 13.0 Å². The smallest absolute Gasteiger partial charge is 0.233 e. The second-order valence-corrected chi connectivity index (χ2v) is 6.98. The van der Waals surface area contributed by atoms with Gasteiger partial charge in [-0.15, -0.1) is 0 Å². The molecule has 1 fully saturated rings. The van der Waals surface area contributed by atoms with Gasteiger partial charge >= 0.3 is 0 Å². The molecular weight excluding hydrogens is 342 g/mol. The summed E-state index contributed by atoms with van der Waals surface area (Å²) >= 11 is 0. The Morgan fingerprint density at radius 2 is 1.70 bits per heavy atom. The van der Waals surface area contributed by atoms with Crippen molar-refractivity contribution in [3.63, 3.8) is 0 Å². The van der Waals surface area contributed by atoms with Gasteiger partial charge in [-0.2, -0.15) is 0 Å². The summed E-state index contributed by atoms with van der Waals surface area (Å²) in [6, 6.07) is 15.3. The van der Waals surface area contributed by atoms with Crippen molar-refractivity contribution in [1.29, 1.82) is 0 Å². The lowest BCUT2D eigenvalue weighted by Crippen LogP contribution is -2.31. The maximum Gasteiger partial charge on any atom is 0.233 e. The largest absolute Gasteiger partial charge is 0.497 e. The predicted molar refractivity (Wildman–Crippen MR) is 102 cm³/mol. The SMILES string of the molecule is COc1ccc(CN2C(=O)CC(C(C)c3ccc(CCO)cc3)C2=O)cc1. The summed E-state index contributed by atoms with van der Waals surface area (Å²) < 4.78 is 5.14. The molecule has 1 N–H and O–H groups in total. The molecule has 3 rings (SSSR count). The molecule has 2 aromatic carbocycles. The molecule has 0 aliphatic carbocycles. The van der Waals surface area contributed by atoms with E-state index in [1.165, 1.54) is 4.90 Å². The van der Waals surface area contributed by atoms with Crippen LogP contribution in [-0.2, 0) is 22.6 Å². The minimum atomic E-state index is -0.334. The molecule has 1 aliphatic heterocycles. The first-order valence-electron chi connectivity index (χ1n) is 9.20. The number of nitrogens with zero attached hydrogens (tertiary/aromatic N) is 1. The first-order valence-corrected chi connectivity index (χ1v) is 9.20. The Hall–Kier alpha value is -2.66. The van der Waals surface area contributed by atoms with Crippen LogP contribution in [0.15, 0.2) is 48.5 Å². The van der Waals surface area contributed by atoms with Crippen molar-refractivity contribution in [3.8, 4) is 5.75 Å². The van der Waals surface area contributed by atoms with E-state index in [9.17, 15) is 9.59 Å². The molecule has 142 valence electrons. The standard InChI is InChI=1S/C22H25NO4/c1-15(18-7-3-16(4-8-18)11-12-24)20-13-21(25)23(22(20)26)14-17-5-9-19(27-2)10-6-17/h3-10,15,20,24H,11-14H2,1-2H3. The van der Waals surface area contributed by atoms with Crippen LogP contribution in [0.5, 0.6) is 5.75 Å². The van der Waals surface area contributed by atoms with Crippen LogP contribution < -0.4 is 4.74 Å². The van der Waals surface area contributed by atoms with Crippen molar-refractivity contribution in [1.82, 2.24) is 4.90 Å². The van der Waals surface area contributed by atoms with E-state index >= 15 is 0 Å². The van der Waals surface area contributed by atoms with Crippen molar-refractivity contribution in [2.24, 2.45) is 5.92 Å². The molecule has 0 aromatic heterocycles. The van der Waals surface area contributed by atoms with Crippen LogP contribution in [0.2, 0.25) is 0 Å². The van der Waals surface area contributed by atoms with Crippen molar-refractivity contribution >= 4 is 11.8 Å². The second-order valence-electron chi connectivity index (χ2n) is 6.98. The van der Waals surface area contributed by atoms with Gasteiger partial charge in [-0.25, -0.2) is 0 Å². The number of hydrogen-bond donors (Lipinski definition) is 1. The van der Waals surface area contributed by atoms with Gasteiger partial charge in [0.2, 0.25) is 11.8 Å². The summed E-state index contributed by atoms with van der Waals surface area (Å²) in [4.78, 5) is 26.7. The van der Waals surface area contributed by atoms with E-state index in [2.05, 4.69) is 0 Å². The van der Waals surface area contributed by atoms with Crippen LogP contribution >= 0.6 is 0 Å².